The summed E-state index contributed by atoms with van der Waals surface area (Å²) in [6, 6.07) is 0. The summed E-state index contributed by atoms with van der Waals surface area (Å²) in [5.41, 5.74) is -1.99. The predicted octanol–water partition coefficient (Wildman–Crippen LogP) is -0.320. The molecule has 0 aromatic heterocycles. The molecule has 0 aliphatic carbocycles. The van der Waals surface area contributed by atoms with E-state index in [1.807, 2.05) is 0 Å². The highest BCUT2D eigenvalue weighted by molar-refractivity contribution is 5.06. The second kappa shape index (κ2) is 2.90. The van der Waals surface area contributed by atoms with Crippen LogP contribution in [0.5, 0.6) is 0 Å². The molecule has 0 spiro atoms. The fraction of sp³-hybridized carbons (Fsp3) is 1.00. The first-order chi connectivity index (χ1) is 6.03. The average Bonchev–Trinajstić information content (AvgIpc) is 1.99. The lowest BCUT2D eigenvalue weighted by atomic mass is 9.75. The zero-order valence-electron chi connectivity index (χ0n) is 9.02. The van der Waals surface area contributed by atoms with E-state index < -0.39 is 23.0 Å². The minimum absolute atomic E-state index is 0.0972. The van der Waals surface area contributed by atoms with Gasteiger partial charge in [0.25, 0.3) is 0 Å². The van der Waals surface area contributed by atoms with E-state index in [9.17, 15) is 20.5 Å². The Kier molecular flexibility index (Phi) is 2.46. The van der Waals surface area contributed by atoms with Crippen molar-refractivity contribution in [1.82, 2.24) is 5.06 Å². The number of rotatable bonds is 0. The maximum absolute atomic E-state index is 9.82. The van der Waals surface area contributed by atoms with E-state index in [1.54, 1.807) is 13.8 Å². The van der Waals surface area contributed by atoms with Gasteiger partial charge in [0.1, 0.15) is 6.10 Å². The lowest BCUT2D eigenvalue weighted by Gasteiger charge is -2.56. The monoisotopic (exact) mass is 205 g/mol. The lowest BCUT2D eigenvalue weighted by Crippen LogP contribution is -2.74. The van der Waals surface area contributed by atoms with E-state index in [1.165, 1.54) is 13.8 Å². The third kappa shape index (κ3) is 1.36. The first kappa shape index (κ1) is 11.9. The van der Waals surface area contributed by atoms with Crippen LogP contribution in [0.25, 0.3) is 0 Å². The Bertz CT molecular complexity index is 237. The summed E-state index contributed by atoms with van der Waals surface area (Å²) in [7, 11) is 0. The molecule has 14 heavy (non-hydrogen) atoms. The Balaban J connectivity index is 3.12. The number of hydrogen-bond acceptors (Lipinski definition) is 5. The Labute approximate surface area is 83.5 Å². The van der Waals surface area contributed by atoms with Gasteiger partial charge < -0.3 is 20.5 Å². The van der Waals surface area contributed by atoms with Crippen molar-refractivity contribution in [3.8, 4) is 0 Å². The normalized spacial score (nSPS) is 35.6. The van der Waals surface area contributed by atoms with Gasteiger partial charge >= 0.3 is 0 Å². The second-order valence-corrected chi connectivity index (χ2v) is 5.13. The summed E-state index contributed by atoms with van der Waals surface area (Å²) >= 11 is 0. The van der Waals surface area contributed by atoms with Gasteiger partial charge in [0.15, 0.2) is 0 Å². The average molecular weight is 205 g/mol. The minimum atomic E-state index is -2.31. The molecule has 1 rings (SSSR count). The van der Waals surface area contributed by atoms with Gasteiger partial charge in [-0.3, -0.25) is 0 Å². The molecule has 1 atom stereocenters. The topological polar surface area (TPSA) is 84.2 Å². The fourth-order valence-corrected chi connectivity index (χ4v) is 2.02. The first-order valence-electron chi connectivity index (χ1n) is 4.65. The van der Waals surface area contributed by atoms with E-state index in [4.69, 9.17) is 0 Å². The van der Waals surface area contributed by atoms with Crippen molar-refractivity contribution in [2.24, 2.45) is 0 Å². The Hall–Kier alpha value is -0.200. The van der Waals surface area contributed by atoms with Gasteiger partial charge in [0.05, 0.1) is 5.54 Å². The van der Waals surface area contributed by atoms with Gasteiger partial charge in [0.2, 0.25) is 5.79 Å². The molecule has 0 aromatic carbocycles. The van der Waals surface area contributed by atoms with Crippen molar-refractivity contribution < 1.29 is 20.5 Å². The molecule has 1 unspecified atom stereocenters. The quantitative estimate of drug-likeness (QED) is 0.407. The lowest BCUT2D eigenvalue weighted by molar-refractivity contribution is -0.383. The van der Waals surface area contributed by atoms with E-state index in [-0.39, 0.29) is 6.42 Å². The molecule has 0 bridgehead atoms. The maximum Gasteiger partial charge on any atom is 0.210 e. The zero-order chi connectivity index (χ0) is 11.4. The first-order valence-corrected chi connectivity index (χ1v) is 4.65. The molecule has 1 heterocycles. The number of hydroxylamine groups is 2. The van der Waals surface area contributed by atoms with Crippen molar-refractivity contribution in [1.29, 1.82) is 0 Å². The molecule has 5 heteroatoms. The molecule has 4 N–H and O–H groups in total. The third-order valence-electron chi connectivity index (χ3n) is 3.16. The highest BCUT2D eigenvalue weighted by Crippen LogP contribution is 2.41. The third-order valence-corrected chi connectivity index (χ3v) is 3.16. The van der Waals surface area contributed by atoms with Crippen LogP contribution in [0.3, 0.4) is 0 Å². The summed E-state index contributed by atoms with van der Waals surface area (Å²) in [5, 5.41) is 39.7. The number of piperidine rings is 1. The van der Waals surface area contributed by atoms with Crippen molar-refractivity contribution in [3.63, 3.8) is 0 Å². The SMILES string of the molecule is CC1(C)CC(O)C(O)(O)C(C)(C)N1O. The van der Waals surface area contributed by atoms with Crippen LogP contribution in [-0.4, -0.2) is 48.6 Å². The standard InChI is InChI=1S/C9H19NO4/c1-7(2)5-6(11)9(12,13)8(3,4)10(7)14/h6,11-14H,5H2,1-4H3. The predicted molar refractivity (Wildman–Crippen MR) is 49.6 cm³/mol. The number of hydrogen-bond donors (Lipinski definition) is 4. The van der Waals surface area contributed by atoms with Crippen LogP contribution in [0.1, 0.15) is 34.1 Å². The maximum atomic E-state index is 9.82. The number of aliphatic hydroxyl groups excluding tert-OH is 1. The van der Waals surface area contributed by atoms with Crippen molar-refractivity contribution in [2.45, 2.75) is 57.1 Å². The molecule has 0 amide bonds. The van der Waals surface area contributed by atoms with Crippen LogP contribution in [-0.2, 0) is 0 Å². The highest BCUT2D eigenvalue weighted by atomic mass is 16.6. The molecule has 5 nitrogen and oxygen atoms in total. The van der Waals surface area contributed by atoms with E-state index in [2.05, 4.69) is 0 Å². The van der Waals surface area contributed by atoms with Gasteiger partial charge in [-0.05, 0) is 34.1 Å². The van der Waals surface area contributed by atoms with Crippen molar-refractivity contribution in [3.05, 3.63) is 0 Å². The fourth-order valence-electron chi connectivity index (χ4n) is 2.02. The molecule has 1 aliphatic rings. The molecule has 1 fully saturated rings. The summed E-state index contributed by atoms with van der Waals surface area (Å²) < 4.78 is 0. The molecule has 1 saturated heterocycles. The largest absolute Gasteiger partial charge is 0.387 e. The highest BCUT2D eigenvalue weighted by Gasteiger charge is 2.60. The van der Waals surface area contributed by atoms with Crippen LogP contribution in [0, 0.1) is 0 Å². The molecular formula is C9H19NO4. The van der Waals surface area contributed by atoms with E-state index in [0.717, 1.165) is 5.06 Å². The van der Waals surface area contributed by atoms with E-state index in [0.29, 0.717) is 0 Å². The Morgan fingerprint density at radius 1 is 1.14 bits per heavy atom. The zero-order valence-corrected chi connectivity index (χ0v) is 9.02. The molecular weight excluding hydrogens is 186 g/mol. The molecule has 84 valence electrons. The molecule has 0 aromatic rings. The summed E-state index contributed by atoms with van der Waals surface area (Å²) in [5.74, 6) is -2.31. The van der Waals surface area contributed by atoms with Crippen molar-refractivity contribution in [2.75, 3.05) is 0 Å². The minimum Gasteiger partial charge on any atom is -0.387 e. The summed E-state index contributed by atoms with van der Waals surface area (Å²) in [6.07, 6.45) is -1.17. The molecule has 0 radical (unpaired) electrons. The molecule has 0 saturated carbocycles. The van der Waals surface area contributed by atoms with Crippen molar-refractivity contribution >= 4 is 0 Å². The Morgan fingerprint density at radius 3 is 2.00 bits per heavy atom. The van der Waals surface area contributed by atoms with Crippen LogP contribution in [0.2, 0.25) is 0 Å². The van der Waals surface area contributed by atoms with Gasteiger partial charge in [0, 0.05) is 5.54 Å². The summed E-state index contributed by atoms with van der Waals surface area (Å²) in [6.45, 7) is 6.40. The smallest absolute Gasteiger partial charge is 0.210 e. The number of aliphatic hydroxyl groups is 3. The van der Waals surface area contributed by atoms with Gasteiger partial charge in [-0.15, -0.1) is 0 Å². The van der Waals surface area contributed by atoms with Gasteiger partial charge in [-0.2, -0.15) is 5.06 Å². The summed E-state index contributed by atoms with van der Waals surface area (Å²) in [4.78, 5) is 0. The van der Waals surface area contributed by atoms with Crippen LogP contribution >= 0.6 is 0 Å². The van der Waals surface area contributed by atoms with Crippen LogP contribution < -0.4 is 0 Å². The van der Waals surface area contributed by atoms with E-state index >= 15 is 0 Å². The van der Waals surface area contributed by atoms with Crippen LogP contribution in [0.4, 0.5) is 0 Å². The second-order valence-electron chi connectivity index (χ2n) is 5.13. The van der Waals surface area contributed by atoms with Gasteiger partial charge in [-0.25, -0.2) is 0 Å². The Morgan fingerprint density at radius 2 is 1.57 bits per heavy atom. The van der Waals surface area contributed by atoms with Gasteiger partial charge in [-0.1, -0.05) is 0 Å². The molecule has 1 aliphatic heterocycles. The number of nitrogens with zero attached hydrogens (tertiary/aromatic N) is 1. The van der Waals surface area contributed by atoms with Crippen LogP contribution in [0.15, 0.2) is 0 Å².